The standard InChI is InChI=1S/C17H16FNO/c1-2-13-4-3-5-16(12-13)19-17(20)11-8-14-6-9-15(18)10-7-14/h3-12H,2H2,1H3,(H,19,20). The molecule has 0 aliphatic rings. The van der Waals surface area contributed by atoms with Crippen LogP contribution in [0.3, 0.4) is 0 Å². The summed E-state index contributed by atoms with van der Waals surface area (Å²) in [6.07, 6.45) is 4.01. The average Bonchev–Trinajstić information content (AvgIpc) is 2.47. The average molecular weight is 269 g/mol. The minimum Gasteiger partial charge on any atom is -0.323 e. The maximum absolute atomic E-state index is 12.7. The third kappa shape index (κ3) is 4.05. The zero-order valence-corrected chi connectivity index (χ0v) is 11.3. The SMILES string of the molecule is CCc1cccc(NC(=O)C=Cc2ccc(F)cc2)c1. The number of benzene rings is 2. The van der Waals surface area contributed by atoms with E-state index < -0.39 is 0 Å². The molecule has 0 saturated heterocycles. The minimum absolute atomic E-state index is 0.206. The Bertz CT molecular complexity index is 617. The molecule has 2 nitrogen and oxygen atoms in total. The van der Waals surface area contributed by atoms with Crippen molar-refractivity contribution in [2.45, 2.75) is 13.3 Å². The maximum Gasteiger partial charge on any atom is 0.248 e. The quantitative estimate of drug-likeness (QED) is 0.834. The van der Waals surface area contributed by atoms with Crippen molar-refractivity contribution in [3.63, 3.8) is 0 Å². The van der Waals surface area contributed by atoms with Crippen LogP contribution in [0.5, 0.6) is 0 Å². The van der Waals surface area contributed by atoms with E-state index in [-0.39, 0.29) is 11.7 Å². The Morgan fingerprint density at radius 3 is 2.65 bits per heavy atom. The zero-order chi connectivity index (χ0) is 14.4. The molecule has 0 heterocycles. The van der Waals surface area contributed by atoms with Gasteiger partial charge in [-0.25, -0.2) is 4.39 Å². The number of carbonyl (C=O) groups is 1. The van der Waals surface area contributed by atoms with Gasteiger partial charge in [0, 0.05) is 11.8 Å². The lowest BCUT2D eigenvalue weighted by molar-refractivity contribution is -0.111. The molecule has 0 aliphatic heterocycles. The highest BCUT2D eigenvalue weighted by atomic mass is 19.1. The van der Waals surface area contributed by atoms with E-state index in [0.29, 0.717) is 0 Å². The second kappa shape index (κ2) is 6.66. The van der Waals surface area contributed by atoms with Crippen molar-refractivity contribution in [2.75, 3.05) is 5.32 Å². The summed E-state index contributed by atoms with van der Waals surface area (Å²) in [6, 6.07) is 13.7. The Balaban J connectivity index is 1.99. The summed E-state index contributed by atoms with van der Waals surface area (Å²) < 4.78 is 12.7. The van der Waals surface area contributed by atoms with Crippen molar-refractivity contribution in [1.29, 1.82) is 0 Å². The Morgan fingerprint density at radius 2 is 1.95 bits per heavy atom. The first kappa shape index (κ1) is 14.0. The molecule has 2 aromatic carbocycles. The van der Waals surface area contributed by atoms with Crippen molar-refractivity contribution in [3.05, 3.63) is 71.6 Å². The second-order valence-electron chi connectivity index (χ2n) is 4.43. The third-order valence-corrected chi connectivity index (χ3v) is 2.90. The Labute approximate surface area is 118 Å². The number of nitrogens with one attached hydrogen (secondary N) is 1. The van der Waals surface area contributed by atoms with Gasteiger partial charge in [-0.15, -0.1) is 0 Å². The van der Waals surface area contributed by atoms with Gasteiger partial charge in [0.2, 0.25) is 5.91 Å². The van der Waals surface area contributed by atoms with E-state index >= 15 is 0 Å². The molecule has 102 valence electrons. The number of hydrogen-bond acceptors (Lipinski definition) is 1. The number of halogens is 1. The molecule has 0 aromatic heterocycles. The van der Waals surface area contributed by atoms with Crippen LogP contribution in [0.4, 0.5) is 10.1 Å². The van der Waals surface area contributed by atoms with Crippen molar-refractivity contribution < 1.29 is 9.18 Å². The van der Waals surface area contributed by atoms with E-state index in [9.17, 15) is 9.18 Å². The zero-order valence-electron chi connectivity index (χ0n) is 11.3. The Morgan fingerprint density at radius 1 is 1.20 bits per heavy atom. The fourth-order valence-corrected chi connectivity index (χ4v) is 1.80. The van der Waals surface area contributed by atoms with E-state index in [1.54, 1.807) is 18.2 Å². The molecule has 20 heavy (non-hydrogen) atoms. The number of carbonyl (C=O) groups excluding carboxylic acids is 1. The van der Waals surface area contributed by atoms with Gasteiger partial charge in [0.1, 0.15) is 5.82 Å². The molecule has 0 atom stereocenters. The molecular formula is C17H16FNO. The topological polar surface area (TPSA) is 29.1 Å². The van der Waals surface area contributed by atoms with E-state index in [0.717, 1.165) is 17.7 Å². The van der Waals surface area contributed by atoms with E-state index in [4.69, 9.17) is 0 Å². The molecular weight excluding hydrogens is 253 g/mol. The van der Waals surface area contributed by atoms with E-state index in [1.807, 2.05) is 24.3 Å². The number of anilines is 1. The highest BCUT2D eigenvalue weighted by Crippen LogP contribution is 2.11. The summed E-state index contributed by atoms with van der Waals surface area (Å²) in [6.45, 7) is 2.06. The van der Waals surface area contributed by atoms with Crippen LogP contribution in [-0.2, 0) is 11.2 Å². The minimum atomic E-state index is -0.289. The fourth-order valence-electron chi connectivity index (χ4n) is 1.80. The molecule has 0 spiro atoms. The maximum atomic E-state index is 12.7. The first-order valence-electron chi connectivity index (χ1n) is 6.51. The van der Waals surface area contributed by atoms with E-state index in [1.165, 1.54) is 23.8 Å². The predicted molar refractivity (Wildman–Crippen MR) is 79.9 cm³/mol. The smallest absolute Gasteiger partial charge is 0.248 e. The highest BCUT2D eigenvalue weighted by molar-refractivity contribution is 6.01. The summed E-state index contributed by atoms with van der Waals surface area (Å²) in [5.41, 5.74) is 2.73. The van der Waals surface area contributed by atoms with Crippen LogP contribution >= 0.6 is 0 Å². The summed E-state index contributed by atoms with van der Waals surface area (Å²) >= 11 is 0. The molecule has 0 fully saturated rings. The van der Waals surface area contributed by atoms with E-state index in [2.05, 4.69) is 12.2 Å². The van der Waals surface area contributed by atoms with Crippen LogP contribution in [0.1, 0.15) is 18.1 Å². The van der Waals surface area contributed by atoms with Crippen molar-refractivity contribution in [2.24, 2.45) is 0 Å². The molecule has 3 heteroatoms. The molecule has 0 unspecified atom stereocenters. The van der Waals surface area contributed by atoms with Crippen LogP contribution in [0, 0.1) is 5.82 Å². The van der Waals surface area contributed by atoms with Gasteiger partial charge in [-0.3, -0.25) is 4.79 Å². The first-order chi connectivity index (χ1) is 9.67. The van der Waals surface area contributed by atoms with Gasteiger partial charge in [0.25, 0.3) is 0 Å². The van der Waals surface area contributed by atoms with Gasteiger partial charge in [0.05, 0.1) is 0 Å². The van der Waals surface area contributed by atoms with Gasteiger partial charge in [-0.1, -0.05) is 31.2 Å². The lowest BCUT2D eigenvalue weighted by Crippen LogP contribution is -2.07. The van der Waals surface area contributed by atoms with Gasteiger partial charge in [-0.05, 0) is 47.9 Å². The molecule has 2 aromatic rings. The monoisotopic (exact) mass is 269 g/mol. The van der Waals surface area contributed by atoms with Gasteiger partial charge in [-0.2, -0.15) is 0 Å². The van der Waals surface area contributed by atoms with Crippen molar-refractivity contribution in [3.8, 4) is 0 Å². The number of hydrogen-bond donors (Lipinski definition) is 1. The normalized spacial score (nSPS) is 10.7. The Hall–Kier alpha value is -2.42. The van der Waals surface area contributed by atoms with Crippen LogP contribution in [0.25, 0.3) is 6.08 Å². The highest BCUT2D eigenvalue weighted by Gasteiger charge is 1.98. The van der Waals surface area contributed by atoms with Crippen molar-refractivity contribution >= 4 is 17.7 Å². The largest absolute Gasteiger partial charge is 0.323 e. The molecule has 1 amide bonds. The fraction of sp³-hybridized carbons (Fsp3) is 0.118. The lowest BCUT2D eigenvalue weighted by Gasteiger charge is -2.04. The summed E-state index contributed by atoms with van der Waals surface area (Å²) in [4.78, 5) is 11.8. The molecule has 2 rings (SSSR count). The van der Waals surface area contributed by atoms with Crippen LogP contribution in [0.15, 0.2) is 54.6 Å². The number of rotatable bonds is 4. The molecule has 0 aliphatic carbocycles. The molecule has 0 radical (unpaired) electrons. The van der Waals surface area contributed by atoms with Crippen LogP contribution < -0.4 is 5.32 Å². The number of aryl methyl sites for hydroxylation is 1. The summed E-state index contributed by atoms with van der Waals surface area (Å²) in [5.74, 6) is -0.495. The van der Waals surface area contributed by atoms with Gasteiger partial charge >= 0.3 is 0 Å². The molecule has 1 N–H and O–H groups in total. The lowest BCUT2D eigenvalue weighted by atomic mass is 10.1. The second-order valence-corrected chi connectivity index (χ2v) is 4.43. The van der Waals surface area contributed by atoms with Gasteiger partial charge < -0.3 is 5.32 Å². The summed E-state index contributed by atoms with van der Waals surface area (Å²) in [5, 5.41) is 2.80. The Kier molecular flexibility index (Phi) is 4.66. The number of amides is 1. The van der Waals surface area contributed by atoms with Crippen LogP contribution in [-0.4, -0.2) is 5.91 Å². The van der Waals surface area contributed by atoms with Crippen LogP contribution in [0.2, 0.25) is 0 Å². The molecule has 0 saturated carbocycles. The summed E-state index contributed by atoms with van der Waals surface area (Å²) in [7, 11) is 0. The van der Waals surface area contributed by atoms with Crippen molar-refractivity contribution in [1.82, 2.24) is 0 Å². The van der Waals surface area contributed by atoms with Gasteiger partial charge in [0.15, 0.2) is 0 Å². The third-order valence-electron chi connectivity index (χ3n) is 2.90. The predicted octanol–water partition coefficient (Wildman–Crippen LogP) is 4.04. The molecule has 0 bridgehead atoms. The first-order valence-corrected chi connectivity index (χ1v) is 6.51.